The van der Waals surface area contributed by atoms with Gasteiger partial charge in [0.1, 0.15) is 12.4 Å². The van der Waals surface area contributed by atoms with Crippen LogP contribution in [0.1, 0.15) is 22.8 Å². The van der Waals surface area contributed by atoms with Crippen molar-refractivity contribution in [2.75, 3.05) is 7.11 Å². The molecule has 0 bridgehead atoms. The molecule has 2 aromatic carbocycles. The molecule has 0 aliphatic carbocycles. The molecule has 126 valence electrons. The predicted octanol–water partition coefficient (Wildman–Crippen LogP) is 4.54. The molecule has 4 heteroatoms. The topological polar surface area (TPSA) is 48.4 Å². The third-order valence-electron chi connectivity index (χ3n) is 3.88. The second-order valence-corrected chi connectivity index (χ2v) is 5.63. The fraction of sp³-hybridized carbons (Fsp3) is 0.143. The number of benzene rings is 2. The number of aromatic nitrogens is 1. The second-order valence-electron chi connectivity index (χ2n) is 5.63. The maximum Gasteiger partial charge on any atom is 0.213 e. The average Bonchev–Trinajstić information content (AvgIpc) is 2.67. The van der Waals surface area contributed by atoms with Gasteiger partial charge in [0.15, 0.2) is 5.78 Å². The Kier molecular flexibility index (Phi) is 5.09. The number of nitrogens with zero attached hydrogens (tertiary/aromatic N) is 1. The van der Waals surface area contributed by atoms with Crippen LogP contribution in [0, 0.1) is 0 Å². The lowest BCUT2D eigenvalue weighted by atomic mass is 9.98. The van der Waals surface area contributed by atoms with E-state index in [1.165, 1.54) is 0 Å². The number of carbonyl (C=O) groups excluding carboxylic acids is 1. The number of pyridine rings is 1. The van der Waals surface area contributed by atoms with Gasteiger partial charge in [-0.05, 0) is 42.3 Å². The fourth-order valence-electron chi connectivity index (χ4n) is 2.55. The zero-order chi connectivity index (χ0) is 17.6. The Hall–Kier alpha value is -3.14. The summed E-state index contributed by atoms with van der Waals surface area (Å²) in [5.41, 5.74) is 3.37. The molecular formula is C21H19NO3. The van der Waals surface area contributed by atoms with Gasteiger partial charge in [-0.15, -0.1) is 0 Å². The summed E-state index contributed by atoms with van der Waals surface area (Å²) >= 11 is 0. The van der Waals surface area contributed by atoms with Crippen LogP contribution in [0.5, 0.6) is 11.6 Å². The molecular weight excluding hydrogens is 314 g/mol. The Morgan fingerprint density at radius 3 is 2.48 bits per heavy atom. The monoisotopic (exact) mass is 333 g/mol. The molecule has 0 amide bonds. The number of hydrogen-bond donors (Lipinski definition) is 0. The van der Waals surface area contributed by atoms with E-state index >= 15 is 0 Å². The van der Waals surface area contributed by atoms with E-state index in [4.69, 9.17) is 9.47 Å². The van der Waals surface area contributed by atoms with Gasteiger partial charge in [-0.25, -0.2) is 4.98 Å². The third kappa shape index (κ3) is 4.04. The summed E-state index contributed by atoms with van der Waals surface area (Å²) < 4.78 is 11.0. The zero-order valence-electron chi connectivity index (χ0n) is 14.2. The fourth-order valence-corrected chi connectivity index (χ4v) is 2.55. The number of ether oxygens (including phenoxy) is 2. The Labute approximate surface area is 147 Å². The molecule has 25 heavy (non-hydrogen) atoms. The molecule has 3 aromatic rings. The number of methoxy groups -OCH3 is 1. The van der Waals surface area contributed by atoms with Crippen molar-refractivity contribution in [3.05, 3.63) is 78.0 Å². The summed E-state index contributed by atoms with van der Waals surface area (Å²) in [5.74, 6) is 1.24. The van der Waals surface area contributed by atoms with E-state index in [1.54, 1.807) is 32.4 Å². The van der Waals surface area contributed by atoms with Crippen LogP contribution in [0.4, 0.5) is 0 Å². The molecule has 1 aromatic heterocycles. The van der Waals surface area contributed by atoms with Crippen LogP contribution >= 0.6 is 0 Å². The largest absolute Gasteiger partial charge is 0.497 e. The number of rotatable bonds is 6. The van der Waals surface area contributed by atoms with Crippen molar-refractivity contribution >= 4 is 5.78 Å². The first kappa shape index (κ1) is 16.7. The molecule has 0 saturated carbocycles. The molecule has 3 rings (SSSR count). The maximum absolute atomic E-state index is 11.9. The maximum atomic E-state index is 11.9. The minimum absolute atomic E-state index is 0.00190. The summed E-state index contributed by atoms with van der Waals surface area (Å²) in [6.45, 7) is 2.02. The molecule has 1 heterocycles. The lowest BCUT2D eigenvalue weighted by molar-refractivity contribution is 0.101. The molecule has 0 fully saturated rings. The van der Waals surface area contributed by atoms with E-state index in [2.05, 4.69) is 4.98 Å². The first-order chi connectivity index (χ1) is 12.2. The van der Waals surface area contributed by atoms with Crippen LogP contribution in [0.3, 0.4) is 0 Å². The van der Waals surface area contributed by atoms with E-state index in [9.17, 15) is 4.79 Å². The number of ketones is 1. The Balaban J connectivity index is 1.81. The summed E-state index contributed by atoms with van der Waals surface area (Å²) in [6.07, 6.45) is 1.71. The number of carbonyl (C=O) groups is 1. The molecule has 0 unspecified atom stereocenters. The Morgan fingerprint density at radius 2 is 1.84 bits per heavy atom. The van der Waals surface area contributed by atoms with E-state index in [0.717, 1.165) is 16.7 Å². The van der Waals surface area contributed by atoms with Crippen LogP contribution in [0.15, 0.2) is 66.9 Å². The lowest BCUT2D eigenvalue weighted by Gasteiger charge is -2.10. The standard InChI is InChI=1S/C21H19NO3/c1-15(23)19-10-9-18(24-2)12-20(19)17-8-11-21(22-13-17)25-14-16-6-4-3-5-7-16/h3-13H,14H2,1-2H3. The van der Waals surface area contributed by atoms with Crippen molar-refractivity contribution < 1.29 is 14.3 Å². The van der Waals surface area contributed by atoms with Gasteiger partial charge in [-0.3, -0.25) is 4.79 Å². The minimum atomic E-state index is 0.00190. The van der Waals surface area contributed by atoms with Gasteiger partial charge in [0, 0.05) is 23.4 Å². The molecule has 0 N–H and O–H groups in total. The highest BCUT2D eigenvalue weighted by Crippen LogP contribution is 2.29. The molecule has 0 saturated heterocycles. The summed E-state index contributed by atoms with van der Waals surface area (Å²) in [7, 11) is 1.60. The predicted molar refractivity (Wildman–Crippen MR) is 97.0 cm³/mol. The van der Waals surface area contributed by atoms with Crippen molar-refractivity contribution in [3.8, 4) is 22.8 Å². The van der Waals surface area contributed by atoms with E-state index in [1.807, 2.05) is 48.5 Å². The second kappa shape index (κ2) is 7.62. The van der Waals surface area contributed by atoms with Crippen LogP contribution in [0.2, 0.25) is 0 Å². The molecule has 0 aliphatic rings. The number of hydrogen-bond acceptors (Lipinski definition) is 4. The molecule has 0 spiro atoms. The smallest absolute Gasteiger partial charge is 0.213 e. The van der Waals surface area contributed by atoms with Crippen molar-refractivity contribution in [1.29, 1.82) is 0 Å². The highest BCUT2D eigenvalue weighted by Gasteiger charge is 2.11. The average molecular weight is 333 g/mol. The van der Waals surface area contributed by atoms with Gasteiger partial charge in [-0.2, -0.15) is 0 Å². The molecule has 0 atom stereocenters. The van der Waals surface area contributed by atoms with Crippen LogP contribution in [-0.4, -0.2) is 17.9 Å². The van der Waals surface area contributed by atoms with Crippen LogP contribution < -0.4 is 9.47 Å². The van der Waals surface area contributed by atoms with Crippen LogP contribution in [0.25, 0.3) is 11.1 Å². The van der Waals surface area contributed by atoms with Gasteiger partial charge in [0.05, 0.1) is 7.11 Å². The van der Waals surface area contributed by atoms with Crippen molar-refractivity contribution in [2.45, 2.75) is 13.5 Å². The summed E-state index contributed by atoms with van der Waals surface area (Å²) in [4.78, 5) is 16.2. The SMILES string of the molecule is COc1ccc(C(C)=O)c(-c2ccc(OCc3ccccc3)nc2)c1. The van der Waals surface area contributed by atoms with Crippen molar-refractivity contribution in [2.24, 2.45) is 0 Å². The van der Waals surface area contributed by atoms with Crippen molar-refractivity contribution in [3.63, 3.8) is 0 Å². The Morgan fingerprint density at radius 1 is 1.04 bits per heavy atom. The third-order valence-corrected chi connectivity index (χ3v) is 3.88. The van der Waals surface area contributed by atoms with E-state index in [0.29, 0.717) is 23.8 Å². The summed E-state index contributed by atoms with van der Waals surface area (Å²) in [5, 5.41) is 0. The normalized spacial score (nSPS) is 10.3. The quantitative estimate of drug-likeness (QED) is 0.621. The number of Topliss-reactive ketones (excluding diaryl/α,β-unsaturated/α-hetero) is 1. The molecule has 4 nitrogen and oxygen atoms in total. The molecule has 0 radical (unpaired) electrons. The van der Waals surface area contributed by atoms with Gasteiger partial charge in [0.2, 0.25) is 5.88 Å². The van der Waals surface area contributed by atoms with Gasteiger partial charge in [0.25, 0.3) is 0 Å². The lowest BCUT2D eigenvalue weighted by Crippen LogP contribution is -1.99. The van der Waals surface area contributed by atoms with Crippen molar-refractivity contribution in [1.82, 2.24) is 4.98 Å². The van der Waals surface area contributed by atoms with Gasteiger partial charge in [-0.1, -0.05) is 30.3 Å². The zero-order valence-corrected chi connectivity index (χ0v) is 14.2. The molecule has 0 aliphatic heterocycles. The van der Waals surface area contributed by atoms with Crippen LogP contribution in [-0.2, 0) is 6.61 Å². The highest BCUT2D eigenvalue weighted by molar-refractivity contribution is 6.01. The minimum Gasteiger partial charge on any atom is -0.497 e. The highest BCUT2D eigenvalue weighted by atomic mass is 16.5. The first-order valence-corrected chi connectivity index (χ1v) is 7.99. The van der Waals surface area contributed by atoms with E-state index < -0.39 is 0 Å². The van der Waals surface area contributed by atoms with Gasteiger partial charge < -0.3 is 9.47 Å². The summed E-state index contributed by atoms with van der Waals surface area (Å²) in [6, 6.07) is 19.0. The first-order valence-electron chi connectivity index (χ1n) is 7.99. The van der Waals surface area contributed by atoms with E-state index in [-0.39, 0.29) is 5.78 Å². The Bertz CT molecular complexity index is 858. The van der Waals surface area contributed by atoms with Gasteiger partial charge >= 0.3 is 0 Å².